The molecule has 3 aromatic rings. The third kappa shape index (κ3) is 4.39. The predicted molar refractivity (Wildman–Crippen MR) is 127 cm³/mol. The smallest absolute Gasteiger partial charge is 0.190 e. The van der Waals surface area contributed by atoms with E-state index in [1.807, 2.05) is 44.5 Å². The first-order chi connectivity index (χ1) is 14.2. The fraction of sp³-hybridized carbons (Fsp3) is 0.571. The average molecular weight is 479 g/mol. The number of nitrogens with zero attached hydrogens (tertiary/aromatic N) is 5. The molecule has 0 saturated carbocycles. The van der Waals surface area contributed by atoms with Gasteiger partial charge in [0.05, 0.1) is 22.6 Å². The van der Waals surface area contributed by atoms with Gasteiger partial charge >= 0.3 is 0 Å². The van der Waals surface area contributed by atoms with Crippen molar-refractivity contribution in [2.45, 2.75) is 64.7 Å². The van der Waals surface area contributed by atoms with Crippen molar-refractivity contribution < 1.29 is 0 Å². The van der Waals surface area contributed by atoms with E-state index in [0.29, 0.717) is 12.1 Å². The van der Waals surface area contributed by atoms with Crippen molar-refractivity contribution in [3.8, 4) is 0 Å². The molecule has 0 aromatic carbocycles. The van der Waals surface area contributed by atoms with Crippen molar-refractivity contribution >= 4 is 49.9 Å². The molecule has 3 aromatic heterocycles. The topological polar surface area (TPSA) is 58.4 Å². The highest BCUT2D eigenvalue weighted by atomic mass is 79.9. The molecule has 0 radical (unpaired) electrons. The first kappa shape index (κ1) is 22.3. The summed E-state index contributed by atoms with van der Waals surface area (Å²) < 4.78 is 2.83. The third-order valence-corrected chi connectivity index (χ3v) is 6.34. The number of piperazine rings is 1. The fourth-order valence-corrected chi connectivity index (χ4v) is 5.10. The highest BCUT2D eigenvalue weighted by Gasteiger charge is 2.34. The molecule has 2 aliphatic rings. The lowest BCUT2D eigenvalue weighted by Crippen LogP contribution is -2.51. The maximum absolute atomic E-state index is 4.96. The number of thioether (sulfide) groups is 1. The summed E-state index contributed by atoms with van der Waals surface area (Å²) in [6, 6.07) is 5.24. The summed E-state index contributed by atoms with van der Waals surface area (Å²) in [6.45, 7) is 12.2. The number of rotatable bonds is 3. The van der Waals surface area contributed by atoms with Crippen LogP contribution in [0.5, 0.6) is 0 Å². The Bertz CT molecular complexity index is 947. The summed E-state index contributed by atoms with van der Waals surface area (Å²) in [6.07, 6.45) is 4.35. The number of nitrogens with one attached hydrogen (secondary N) is 1. The van der Waals surface area contributed by atoms with E-state index in [9.17, 15) is 0 Å². The predicted octanol–water partition coefficient (Wildman–Crippen LogP) is 5.15. The number of hydrogen-bond acceptors (Lipinski definition) is 6. The summed E-state index contributed by atoms with van der Waals surface area (Å²) in [5, 5.41) is 10.1. The van der Waals surface area contributed by atoms with Gasteiger partial charge in [-0.3, -0.25) is 0 Å². The first-order valence-electron chi connectivity index (χ1n) is 10.7. The number of fused-ring (bicyclic) bond motifs is 5. The number of aromatic nitrogens is 4. The minimum atomic E-state index is 0.572. The zero-order valence-electron chi connectivity index (χ0n) is 17.9. The summed E-state index contributed by atoms with van der Waals surface area (Å²) in [4.78, 5) is 12.2. The van der Waals surface area contributed by atoms with Crippen LogP contribution in [0.25, 0.3) is 16.4 Å². The lowest BCUT2D eigenvalue weighted by Gasteiger charge is -2.34. The van der Waals surface area contributed by atoms with Gasteiger partial charge in [-0.1, -0.05) is 46.4 Å². The van der Waals surface area contributed by atoms with E-state index < -0.39 is 0 Å². The van der Waals surface area contributed by atoms with Crippen LogP contribution in [-0.2, 0) is 0 Å². The maximum atomic E-state index is 4.96. The number of anilines is 1. The molecule has 0 spiro atoms. The average Bonchev–Trinajstić information content (AvgIpc) is 3.37. The second-order valence-corrected chi connectivity index (χ2v) is 8.70. The van der Waals surface area contributed by atoms with Crippen molar-refractivity contribution in [1.82, 2.24) is 24.9 Å². The number of pyridine rings is 1. The van der Waals surface area contributed by atoms with Crippen LogP contribution in [0.4, 0.5) is 5.82 Å². The van der Waals surface area contributed by atoms with Crippen molar-refractivity contribution in [2.75, 3.05) is 23.7 Å². The molecular formula is C21H31BrN6S. The van der Waals surface area contributed by atoms with E-state index in [4.69, 9.17) is 9.97 Å². The van der Waals surface area contributed by atoms with E-state index in [2.05, 4.69) is 44.2 Å². The lowest BCUT2D eigenvalue weighted by molar-refractivity contribution is 0.463. The lowest BCUT2D eigenvalue weighted by atomic mass is 10.2. The van der Waals surface area contributed by atoms with Crippen LogP contribution in [0.2, 0.25) is 0 Å². The molecule has 2 aliphatic heterocycles. The molecule has 2 bridgehead atoms. The highest BCUT2D eigenvalue weighted by Crippen LogP contribution is 2.34. The molecule has 2 saturated heterocycles. The Morgan fingerprint density at radius 3 is 2.48 bits per heavy atom. The van der Waals surface area contributed by atoms with Gasteiger partial charge in [0.25, 0.3) is 0 Å². The minimum Gasteiger partial charge on any atom is -0.353 e. The molecule has 158 valence electrons. The molecular weight excluding hydrogens is 448 g/mol. The normalized spacial score (nSPS) is 20.3. The maximum Gasteiger partial charge on any atom is 0.190 e. The van der Waals surface area contributed by atoms with Crippen LogP contribution in [0.3, 0.4) is 0 Å². The monoisotopic (exact) mass is 478 g/mol. The van der Waals surface area contributed by atoms with Gasteiger partial charge < -0.3 is 10.2 Å². The van der Waals surface area contributed by atoms with Crippen LogP contribution in [0, 0.1) is 0 Å². The van der Waals surface area contributed by atoms with Crippen LogP contribution >= 0.6 is 27.7 Å². The van der Waals surface area contributed by atoms with Gasteiger partial charge in [-0.2, -0.15) is 5.10 Å². The van der Waals surface area contributed by atoms with E-state index >= 15 is 0 Å². The standard InChI is InChI=1S/C17H19BrN6S.2C2H6/c1-2-25-17-21-12-7-14(18)24-13(5-6-19-24)15(12)16(22-17)23-8-10-3-4-11(9-23)20-10;2*1-2/h5-7,10-11,20H,2-4,8-9H2,1H3;2*1-2H3. The summed E-state index contributed by atoms with van der Waals surface area (Å²) in [5.41, 5.74) is 2.03. The van der Waals surface area contributed by atoms with Gasteiger partial charge in [0, 0.05) is 25.2 Å². The second-order valence-electron chi connectivity index (χ2n) is 6.66. The van der Waals surface area contributed by atoms with Crippen molar-refractivity contribution in [2.24, 2.45) is 0 Å². The number of halogens is 1. The first-order valence-corrected chi connectivity index (χ1v) is 12.5. The van der Waals surface area contributed by atoms with E-state index in [1.54, 1.807) is 11.8 Å². The molecule has 5 rings (SSSR count). The Kier molecular flexibility index (Phi) is 7.76. The Morgan fingerprint density at radius 1 is 1.14 bits per heavy atom. The molecule has 6 nitrogen and oxygen atoms in total. The van der Waals surface area contributed by atoms with Gasteiger partial charge in [-0.15, -0.1) is 0 Å². The van der Waals surface area contributed by atoms with Gasteiger partial charge in [-0.25, -0.2) is 14.5 Å². The Morgan fingerprint density at radius 2 is 1.83 bits per heavy atom. The molecule has 0 aliphatic carbocycles. The molecule has 1 N–H and O–H groups in total. The van der Waals surface area contributed by atoms with Crippen LogP contribution < -0.4 is 10.2 Å². The quantitative estimate of drug-likeness (QED) is 0.319. The van der Waals surface area contributed by atoms with E-state index in [0.717, 1.165) is 50.8 Å². The molecule has 8 heteroatoms. The minimum absolute atomic E-state index is 0.572. The highest BCUT2D eigenvalue weighted by molar-refractivity contribution is 9.10. The Hall–Kier alpha value is -1.38. The van der Waals surface area contributed by atoms with Crippen molar-refractivity contribution in [3.05, 3.63) is 22.9 Å². The van der Waals surface area contributed by atoms with Crippen LogP contribution in [0.15, 0.2) is 28.1 Å². The van der Waals surface area contributed by atoms with Gasteiger partial charge in [0.15, 0.2) is 5.16 Å². The Labute approximate surface area is 186 Å². The molecule has 29 heavy (non-hydrogen) atoms. The SMILES string of the molecule is CC.CC.CCSc1nc(N2CC3CCC(C2)N3)c2c(cc(Br)n3nccc23)n1. The zero-order valence-corrected chi connectivity index (χ0v) is 20.3. The molecule has 5 heterocycles. The summed E-state index contributed by atoms with van der Waals surface area (Å²) in [7, 11) is 0. The number of hydrogen-bond donors (Lipinski definition) is 1. The van der Waals surface area contributed by atoms with Crippen molar-refractivity contribution in [3.63, 3.8) is 0 Å². The van der Waals surface area contributed by atoms with E-state index in [-0.39, 0.29) is 0 Å². The van der Waals surface area contributed by atoms with E-state index in [1.165, 1.54) is 12.8 Å². The van der Waals surface area contributed by atoms with Gasteiger partial charge in [0.2, 0.25) is 0 Å². The molecule has 0 amide bonds. The third-order valence-electron chi connectivity index (χ3n) is 5.04. The van der Waals surface area contributed by atoms with Gasteiger partial charge in [-0.05, 0) is 46.7 Å². The van der Waals surface area contributed by atoms with Crippen LogP contribution in [-0.4, -0.2) is 50.5 Å². The molecule has 2 unspecified atom stereocenters. The largest absolute Gasteiger partial charge is 0.353 e. The molecule has 2 atom stereocenters. The fourth-order valence-electron chi connectivity index (χ4n) is 4.02. The van der Waals surface area contributed by atoms with Crippen molar-refractivity contribution in [1.29, 1.82) is 0 Å². The summed E-state index contributed by atoms with van der Waals surface area (Å²) >= 11 is 5.32. The Balaban J connectivity index is 0.000000568. The summed E-state index contributed by atoms with van der Waals surface area (Å²) in [5.74, 6) is 2.02. The second kappa shape index (κ2) is 10.1. The van der Waals surface area contributed by atoms with Gasteiger partial charge in [0.1, 0.15) is 10.4 Å². The van der Waals surface area contributed by atoms with Crippen LogP contribution in [0.1, 0.15) is 47.5 Å². The molecule has 2 fully saturated rings. The zero-order chi connectivity index (χ0) is 21.0.